The summed E-state index contributed by atoms with van der Waals surface area (Å²) in [6.07, 6.45) is 7.41. The van der Waals surface area contributed by atoms with E-state index in [0.717, 1.165) is 25.7 Å². The van der Waals surface area contributed by atoms with Crippen LogP contribution in [0.2, 0.25) is 0 Å². The Bertz CT molecular complexity index is 245. The second-order valence-corrected chi connectivity index (χ2v) is 5.05. The number of carbonyl (C=O) groups is 1. The molecule has 2 rings (SSSR count). The highest BCUT2D eigenvalue weighted by Gasteiger charge is 2.32. The summed E-state index contributed by atoms with van der Waals surface area (Å²) < 4.78 is 5.46. The van der Waals surface area contributed by atoms with Gasteiger partial charge in [-0.05, 0) is 25.7 Å². The van der Waals surface area contributed by atoms with Crippen molar-refractivity contribution in [2.75, 3.05) is 19.8 Å². The van der Waals surface area contributed by atoms with E-state index in [2.05, 4.69) is 0 Å². The summed E-state index contributed by atoms with van der Waals surface area (Å²) in [6, 6.07) is 0.326. The lowest BCUT2D eigenvalue weighted by Crippen LogP contribution is -2.47. The Kier molecular flexibility index (Phi) is 4.80. The molecule has 1 aliphatic heterocycles. The molecule has 2 aliphatic rings. The van der Waals surface area contributed by atoms with Crippen molar-refractivity contribution in [3.8, 4) is 0 Å². The van der Waals surface area contributed by atoms with E-state index >= 15 is 0 Å². The quantitative estimate of drug-likeness (QED) is 0.807. The highest BCUT2D eigenvalue weighted by Crippen LogP contribution is 2.25. The molecule has 0 unspecified atom stereocenters. The summed E-state index contributed by atoms with van der Waals surface area (Å²) in [4.78, 5) is 14.2. The fourth-order valence-electron chi connectivity index (χ4n) is 2.93. The van der Waals surface area contributed by atoms with Gasteiger partial charge in [0.05, 0.1) is 6.61 Å². The van der Waals surface area contributed by atoms with Gasteiger partial charge in [-0.1, -0.05) is 19.3 Å². The zero-order valence-corrected chi connectivity index (χ0v) is 10.4. The molecule has 1 saturated carbocycles. The van der Waals surface area contributed by atoms with Gasteiger partial charge in [-0.25, -0.2) is 0 Å². The zero-order chi connectivity index (χ0) is 12.1. The van der Waals surface area contributed by atoms with Crippen LogP contribution in [0, 0.1) is 0 Å². The molecule has 4 nitrogen and oxygen atoms in total. The predicted molar refractivity (Wildman–Crippen MR) is 64.6 cm³/mol. The Morgan fingerprint density at radius 2 is 1.94 bits per heavy atom. The lowest BCUT2D eigenvalue weighted by Gasteiger charge is -2.35. The van der Waals surface area contributed by atoms with Gasteiger partial charge >= 0.3 is 0 Å². The fourth-order valence-corrected chi connectivity index (χ4v) is 2.93. The average molecular weight is 241 g/mol. The maximum Gasteiger partial charge on any atom is 0.252 e. The molecule has 1 saturated heterocycles. The van der Waals surface area contributed by atoms with Crippen molar-refractivity contribution in [2.45, 2.75) is 57.1 Å². The molecule has 98 valence electrons. The van der Waals surface area contributed by atoms with Crippen LogP contribution in [0.25, 0.3) is 0 Å². The molecular weight excluding hydrogens is 218 g/mol. The van der Waals surface area contributed by atoms with Crippen LogP contribution in [0.4, 0.5) is 0 Å². The molecular formula is C13H23NO3. The van der Waals surface area contributed by atoms with Crippen molar-refractivity contribution in [1.29, 1.82) is 0 Å². The molecule has 1 aliphatic carbocycles. The number of amides is 1. The largest absolute Gasteiger partial charge is 0.395 e. The minimum atomic E-state index is -0.247. The Morgan fingerprint density at radius 3 is 2.53 bits per heavy atom. The molecule has 0 bridgehead atoms. The fraction of sp³-hybridized carbons (Fsp3) is 0.923. The third kappa shape index (κ3) is 3.19. The number of aliphatic hydroxyl groups is 1. The minimum Gasteiger partial charge on any atom is -0.395 e. The molecule has 0 radical (unpaired) electrons. The topological polar surface area (TPSA) is 49.8 Å². The number of aliphatic hydroxyl groups excluding tert-OH is 1. The van der Waals surface area contributed by atoms with E-state index in [9.17, 15) is 4.79 Å². The van der Waals surface area contributed by atoms with E-state index in [4.69, 9.17) is 9.84 Å². The lowest BCUT2D eigenvalue weighted by molar-refractivity contribution is -0.144. The van der Waals surface area contributed by atoms with Crippen LogP contribution in [0.15, 0.2) is 0 Å². The molecule has 0 aromatic heterocycles. The van der Waals surface area contributed by atoms with E-state index in [-0.39, 0.29) is 18.6 Å². The normalized spacial score (nSPS) is 26.1. The maximum atomic E-state index is 12.3. The van der Waals surface area contributed by atoms with Crippen LogP contribution in [-0.4, -0.2) is 47.8 Å². The van der Waals surface area contributed by atoms with Crippen LogP contribution >= 0.6 is 0 Å². The SMILES string of the molecule is O=C([C@@H]1CCCO1)N(CCO)C1CCCCC1. The van der Waals surface area contributed by atoms with Crippen LogP contribution < -0.4 is 0 Å². The van der Waals surface area contributed by atoms with Crippen molar-refractivity contribution < 1.29 is 14.6 Å². The summed E-state index contributed by atoms with van der Waals surface area (Å²) in [7, 11) is 0. The molecule has 17 heavy (non-hydrogen) atoms. The van der Waals surface area contributed by atoms with E-state index in [1.54, 1.807) is 0 Å². The highest BCUT2D eigenvalue weighted by atomic mass is 16.5. The van der Waals surface area contributed by atoms with Gasteiger partial charge in [0, 0.05) is 19.2 Å². The Hall–Kier alpha value is -0.610. The standard InChI is InChI=1S/C13H23NO3/c15-9-8-14(11-5-2-1-3-6-11)13(16)12-7-4-10-17-12/h11-12,15H,1-10H2/t12-/m0/s1. The number of hydrogen-bond acceptors (Lipinski definition) is 3. The molecule has 1 atom stereocenters. The van der Waals surface area contributed by atoms with Gasteiger partial charge in [-0.2, -0.15) is 0 Å². The van der Waals surface area contributed by atoms with E-state index in [1.807, 2.05) is 4.90 Å². The van der Waals surface area contributed by atoms with Crippen LogP contribution in [-0.2, 0) is 9.53 Å². The summed E-state index contributed by atoms with van der Waals surface area (Å²) in [5, 5.41) is 9.12. The molecule has 1 heterocycles. The molecule has 1 N–H and O–H groups in total. The third-order valence-corrected chi connectivity index (χ3v) is 3.84. The predicted octanol–water partition coefficient (Wildman–Crippen LogP) is 1.32. The molecule has 0 aromatic rings. The van der Waals surface area contributed by atoms with Crippen molar-refractivity contribution in [1.82, 2.24) is 4.90 Å². The van der Waals surface area contributed by atoms with Crippen LogP contribution in [0.3, 0.4) is 0 Å². The Morgan fingerprint density at radius 1 is 1.18 bits per heavy atom. The van der Waals surface area contributed by atoms with E-state index < -0.39 is 0 Å². The van der Waals surface area contributed by atoms with Gasteiger partial charge in [-0.3, -0.25) is 4.79 Å². The van der Waals surface area contributed by atoms with Crippen molar-refractivity contribution in [3.63, 3.8) is 0 Å². The lowest BCUT2D eigenvalue weighted by atomic mass is 9.93. The van der Waals surface area contributed by atoms with Crippen molar-refractivity contribution >= 4 is 5.91 Å². The number of rotatable bonds is 4. The number of hydrogen-bond donors (Lipinski definition) is 1. The first-order valence-electron chi connectivity index (χ1n) is 6.86. The number of carbonyl (C=O) groups excluding carboxylic acids is 1. The van der Waals surface area contributed by atoms with E-state index in [1.165, 1.54) is 19.3 Å². The first-order chi connectivity index (χ1) is 8.33. The number of nitrogens with zero attached hydrogens (tertiary/aromatic N) is 1. The zero-order valence-electron chi connectivity index (χ0n) is 10.4. The summed E-state index contributed by atoms with van der Waals surface area (Å²) in [5.41, 5.74) is 0. The van der Waals surface area contributed by atoms with Crippen molar-refractivity contribution in [3.05, 3.63) is 0 Å². The summed E-state index contributed by atoms with van der Waals surface area (Å²) in [6.45, 7) is 1.21. The second-order valence-electron chi connectivity index (χ2n) is 5.05. The van der Waals surface area contributed by atoms with E-state index in [0.29, 0.717) is 19.2 Å². The molecule has 0 aromatic carbocycles. The first kappa shape index (κ1) is 12.8. The summed E-state index contributed by atoms with van der Waals surface area (Å²) >= 11 is 0. The Balaban J connectivity index is 1.96. The van der Waals surface area contributed by atoms with Gasteiger partial charge < -0.3 is 14.7 Å². The Labute approximate surface area is 103 Å². The third-order valence-electron chi connectivity index (χ3n) is 3.84. The van der Waals surface area contributed by atoms with Crippen molar-refractivity contribution in [2.24, 2.45) is 0 Å². The molecule has 4 heteroatoms. The molecule has 0 spiro atoms. The second kappa shape index (κ2) is 6.36. The van der Waals surface area contributed by atoms with Gasteiger partial charge in [0.15, 0.2) is 0 Å². The molecule has 2 fully saturated rings. The monoisotopic (exact) mass is 241 g/mol. The first-order valence-corrected chi connectivity index (χ1v) is 6.86. The van der Waals surface area contributed by atoms with Gasteiger partial charge in [0.1, 0.15) is 6.10 Å². The van der Waals surface area contributed by atoms with Gasteiger partial charge in [-0.15, -0.1) is 0 Å². The van der Waals surface area contributed by atoms with Gasteiger partial charge in [0.2, 0.25) is 0 Å². The van der Waals surface area contributed by atoms with Crippen LogP contribution in [0.5, 0.6) is 0 Å². The van der Waals surface area contributed by atoms with Crippen LogP contribution in [0.1, 0.15) is 44.9 Å². The maximum absolute atomic E-state index is 12.3. The molecule has 1 amide bonds. The highest BCUT2D eigenvalue weighted by molar-refractivity contribution is 5.81. The smallest absolute Gasteiger partial charge is 0.252 e. The average Bonchev–Trinajstić information content (AvgIpc) is 2.90. The summed E-state index contributed by atoms with van der Waals surface area (Å²) in [5.74, 6) is 0.100. The minimum absolute atomic E-state index is 0.0506. The van der Waals surface area contributed by atoms with Gasteiger partial charge in [0.25, 0.3) is 5.91 Å². The number of ether oxygens (including phenoxy) is 1.